The molecule has 14 rings (SSSR count). The van der Waals surface area contributed by atoms with Crippen molar-refractivity contribution in [2.24, 2.45) is 5.41 Å². The summed E-state index contributed by atoms with van der Waals surface area (Å²) in [5.74, 6) is -1.47. The van der Waals surface area contributed by atoms with Gasteiger partial charge < -0.3 is 46.4 Å². The second-order valence-corrected chi connectivity index (χ2v) is 27.9. The van der Waals surface area contributed by atoms with Gasteiger partial charge >= 0.3 is 5.97 Å². The predicted molar refractivity (Wildman–Crippen MR) is 417 cm³/mol. The van der Waals surface area contributed by atoms with Crippen LogP contribution in [-0.4, -0.2) is 58.4 Å². The zero-order chi connectivity index (χ0) is 76.4. The normalized spacial score (nSPS) is 12.9. The Hall–Kier alpha value is -11.2. The standard InChI is InChI=1S/C27H25Cl2N3O3.C14H9ClN2O3.2C14H11ClN2O.C9H8BrNO4/c1-27(2,3)26(35)30-14-16-4-11-23(29)22(12-16)24(33)31-19-8-5-17-15-32(25(34)21(17)13-19)20-9-6-18(28)7-10-20;15-10-2-5-11(6-3-10)16-8-9-1-4-12(17(19)20)7-13(9)14(16)18;2*15-10-2-5-12(6-3-10)17-8-9-1-4-11(16)7-13(9)14(17)18;1-15-9(12)8-4-7(11(13)14)3-2-6(8)5-10/h4-13H,14-15H2,1-3H3,(H,30,35)(H,31,33);1-7H,8H2;2*1-7H,8,16H2;2-4H,5H2,1H3. The lowest BCUT2D eigenvalue weighted by atomic mass is 9.95. The summed E-state index contributed by atoms with van der Waals surface area (Å²) in [6, 6.07) is 58.1. The number of hydrogen-bond acceptors (Lipinski definition) is 14. The average molecular weight is 1590 g/mol. The number of nitrogens with zero attached hydrogens (tertiary/aromatic N) is 6. The number of amides is 6. The van der Waals surface area contributed by atoms with Crippen LogP contribution in [-0.2, 0) is 47.6 Å². The molecule has 28 heteroatoms. The molecule has 4 heterocycles. The number of methoxy groups -OCH3 is 1. The number of nitro benzene ring substituents is 2. The number of ether oxygens (including phenoxy) is 1. The van der Waals surface area contributed by atoms with Gasteiger partial charge in [-0.1, -0.05) is 125 Å². The number of fused-ring (bicyclic) bond motifs is 4. The van der Waals surface area contributed by atoms with Crippen molar-refractivity contribution < 1.29 is 48.1 Å². The number of non-ortho nitro benzene ring substituents is 2. The Bertz CT molecular complexity index is 4990. The SMILES string of the molecule is CC(C)(C)C(=O)NCc1ccc(Cl)c(C(=O)Nc2ccc3c(c2)C(=O)N(c2ccc(Cl)cc2)C3)c1.COC(=O)c1cc([N+](=O)[O-])ccc1CBr.Nc1ccc2c(c1)C(=O)N(c1ccc(Cl)cc1)C2.Nc1ccc2c(c1)C(=O)N(c1ccc(Cl)cc1)C2.O=C1c2cc([N+](=O)[O-])ccc2CN1c1ccc(Cl)cc1. The number of nitrogens with two attached hydrogens (primary N) is 2. The average Bonchev–Trinajstić information content (AvgIpc) is 1.65. The van der Waals surface area contributed by atoms with E-state index in [-0.39, 0.29) is 58.6 Å². The summed E-state index contributed by atoms with van der Waals surface area (Å²) in [4.78, 5) is 113. The first-order valence-corrected chi connectivity index (χ1v) is 35.3. The molecule has 0 spiro atoms. The van der Waals surface area contributed by atoms with Crippen molar-refractivity contribution in [3.8, 4) is 0 Å². The third-order valence-corrected chi connectivity index (χ3v) is 18.9. The minimum Gasteiger partial charge on any atom is -0.465 e. The highest BCUT2D eigenvalue weighted by atomic mass is 79.9. The van der Waals surface area contributed by atoms with Crippen LogP contribution in [0.5, 0.6) is 0 Å². The summed E-state index contributed by atoms with van der Waals surface area (Å²) in [5, 5.41) is 30.2. The van der Waals surface area contributed by atoms with Gasteiger partial charge in [0.25, 0.3) is 40.9 Å². The number of alkyl halides is 1. The molecule has 0 bridgehead atoms. The maximum absolute atomic E-state index is 13.0. The molecule has 0 aliphatic carbocycles. The van der Waals surface area contributed by atoms with Crippen LogP contribution >= 0.6 is 73.9 Å². The second kappa shape index (κ2) is 33.7. The van der Waals surface area contributed by atoms with Crippen molar-refractivity contribution in [3.63, 3.8) is 0 Å². The van der Waals surface area contributed by atoms with E-state index in [1.54, 1.807) is 141 Å². The molecule has 0 saturated heterocycles. The van der Waals surface area contributed by atoms with E-state index in [1.807, 2.05) is 75.4 Å². The lowest BCUT2D eigenvalue weighted by molar-refractivity contribution is -0.385. The number of anilines is 7. The highest BCUT2D eigenvalue weighted by molar-refractivity contribution is 9.08. The molecule has 540 valence electrons. The van der Waals surface area contributed by atoms with Crippen LogP contribution < -0.4 is 41.7 Å². The molecule has 6 amide bonds. The molecule has 0 aromatic heterocycles. The van der Waals surface area contributed by atoms with Gasteiger partial charge in [0.2, 0.25) is 5.91 Å². The molecular weight excluding hydrogens is 1530 g/mol. The summed E-state index contributed by atoms with van der Waals surface area (Å²) in [7, 11) is 1.24. The first-order chi connectivity index (χ1) is 50.5. The Balaban J connectivity index is 0.000000147. The van der Waals surface area contributed by atoms with Crippen molar-refractivity contribution in [1.82, 2.24) is 5.32 Å². The van der Waals surface area contributed by atoms with Crippen molar-refractivity contribution in [2.45, 2.75) is 58.8 Å². The van der Waals surface area contributed by atoms with Crippen LogP contribution in [0.15, 0.2) is 206 Å². The lowest BCUT2D eigenvalue weighted by Crippen LogP contribution is -2.34. The van der Waals surface area contributed by atoms with Gasteiger partial charge in [-0.25, -0.2) is 4.79 Å². The fourth-order valence-electron chi connectivity index (χ4n) is 11.3. The number of nitrogens with one attached hydrogen (secondary N) is 2. The molecule has 0 fully saturated rings. The van der Waals surface area contributed by atoms with Gasteiger partial charge in [0.05, 0.1) is 64.8 Å². The summed E-state index contributed by atoms with van der Waals surface area (Å²) in [6.45, 7) is 7.79. The van der Waals surface area contributed by atoms with E-state index in [9.17, 15) is 53.8 Å². The first kappa shape index (κ1) is 77.4. The van der Waals surface area contributed by atoms with Gasteiger partial charge in [0, 0.05) is 118 Å². The molecule has 10 aromatic rings. The Morgan fingerprint density at radius 1 is 0.481 bits per heavy atom. The minimum atomic E-state index is -0.576. The zero-order valence-electron chi connectivity index (χ0n) is 56.9. The predicted octanol–water partition coefficient (Wildman–Crippen LogP) is 17.9. The second-order valence-electron chi connectivity index (χ2n) is 25.2. The van der Waals surface area contributed by atoms with Crippen LogP contribution in [0.2, 0.25) is 25.1 Å². The highest BCUT2D eigenvalue weighted by Crippen LogP contribution is 2.36. The van der Waals surface area contributed by atoms with Crippen LogP contribution in [0, 0.1) is 25.6 Å². The zero-order valence-corrected chi connectivity index (χ0v) is 62.2. The largest absolute Gasteiger partial charge is 0.465 e. The number of esters is 1. The Labute approximate surface area is 641 Å². The third kappa shape index (κ3) is 18.5. The van der Waals surface area contributed by atoms with E-state index in [1.165, 1.54) is 37.4 Å². The van der Waals surface area contributed by atoms with Gasteiger partial charge in [-0.15, -0.1) is 0 Å². The smallest absolute Gasteiger partial charge is 0.338 e. The monoisotopic (exact) mass is 1590 g/mol. The fraction of sp³-hybridized carbons (Fsp3) is 0.141. The van der Waals surface area contributed by atoms with E-state index in [0.717, 1.165) is 50.6 Å². The van der Waals surface area contributed by atoms with Gasteiger partial charge in [0.1, 0.15) is 0 Å². The molecule has 4 aliphatic heterocycles. The number of nitro groups is 2. The highest BCUT2D eigenvalue weighted by Gasteiger charge is 2.33. The Morgan fingerprint density at radius 3 is 1.24 bits per heavy atom. The van der Waals surface area contributed by atoms with Gasteiger partial charge in [-0.3, -0.25) is 49.0 Å². The Kier molecular flexibility index (Phi) is 24.6. The summed E-state index contributed by atoms with van der Waals surface area (Å²) >= 11 is 33.0. The molecule has 4 aliphatic rings. The number of hydrogen-bond donors (Lipinski definition) is 4. The first-order valence-electron chi connectivity index (χ1n) is 32.3. The molecule has 0 atom stereocenters. The van der Waals surface area contributed by atoms with Crippen molar-refractivity contribution in [1.29, 1.82) is 0 Å². The van der Waals surface area contributed by atoms with Crippen LogP contribution in [0.1, 0.15) is 116 Å². The summed E-state index contributed by atoms with van der Waals surface area (Å²) in [6.07, 6.45) is 0. The molecule has 10 aromatic carbocycles. The number of rotatable bonds is 12. The van der Waals surface area contributed by atoms with Crippen LogP contribution in [0.25, 0.3) is 0 Å². The number of carbonyl (C=O) groups excluding carboxylic acids is 7. The van der Waals surface area contributed by atoms with E-state index < -0.39 is 27.1 Å². The van der Waals surface area contributed by atoms with Gasteiger partial charge in [-0.2, -0.15) is 0 Å². The molecule has 0 saturated carbocycles. The van der Waals surface area contributed by atoms with Crippen molar-refractivity contribution >= 4 is 167 Å². The van der Waals surface area contributed by atoms with Gasteiger partial charge in [0.15, 0.2) is 0 Å². The quantitative estimate of drug-likeness (QED) is 0.0291. The van der Waals surface area contributed by atoms with Crippen molar-refractivity contribution in [3.05, 3.63) is 318 Å². The Morgan fingerprint density at radius 2 is 0.849 bits per heavy atom. The van der Waals surface area contributed by atoms with Gasteiger partial charge in [-0.05, 0) is 185 Å². The molecule has 0 unspecified atom stereocenters. The molecule has 6 N–H and O–H groups in total. The van der Waals surface area contributed by atoms with E-state index in [2.05, 4.69) is 31.3 Å². The minimum absolute atomic E-state index is 0.0142. The van der Waals surface area contributed by atoms with Crippen LogP contribution in [0.4, 0.5) is 51.2 Å². The fourth-order valence-corrected chi connectivity index (χ4v) is 12.5. The lowest BCUT2D eigenvalue weighted by Gasteiger charge is -2.18. The number of carbonyl (C=O) groups is 7. The number of nitrogen functional groups attached to an aromatic ring is 2. The number of halogens is 6. The molecule has 106 heavy (non-hydrogen) atoms. The number of benzene rings is 10. The molecular formula is C78H64BrCl5N10O12. The maximum Gasteiger partial charge on any atom is 0.338 e. The topological polar surface area (TPSA) is 304 Å². The summed E-state index contributed by atoms with van der Waals surface area (Å²) < 4.78 is 4.53. The third-order valence-electron chi connectivity index (χ3n) is 17.0. The van der Waals surface area contributed by atoms with Crippen molar-refractivity contribution in [2.75, 3.05) is 43.5 Å². The summed E-state index contributed by atoms with van der Waals surface area (Å²) in [5.41, 5.74) is 23.4. The molecule has 22 nitrogen and oxygen atoms in total. The van der Waals surface area contributed by atoms with E-state index in [4.69, 9.17) is 69.5 Å². The molecule has 0 radical (unpaired) electrons. The maximum atomic E-state index is 13.0. The van der Waals surface area contributed by atoms with E-state index in [0.29, 0.717) is 102 Å². The van der Waals surface area contributed by atoms with Crippen LogP contribution in [0.3, 0.4) is 0 Å². The van der Waals surface area contributed by atoms with E-state index >= 15 is 0 Å².